The fourth-order valence-corrected chi connectivity index (χ4v) is 1.41. The third kappa shape index (κ3) is 2.65. The summed E-state index contributed by atoms with van der Waals surface area (Å²) in [6, 6.07) is 3.42. The van der Waals surface area contributed by atoms with Crippen molar-refractivity contribution in [3.8, 4) is 17.6 Å². The molecule has 0 heterocycles. The number of carbonyl (C=O) groups is 1. The molecule has 1 atom stereocenters. The molecule has 0 saturated heterocycles. The number of ether oxygens (including phenoxy) is 1. The molecule has 1 aromatic carbocycles. The molecule has 17 heavy (non-hydrogen) atoms. The lowest BCUT2D eigenvalue weighted by Gasteiger charge is -2.13. The second kappa shape index (κ2) is 5.18. The summed E-state index contributed by atoms with van der Waals surface area (Å²) < 4.78 is 4.89. The second-order valence-electron chi connectivity index (χ2n) is 3.39. The van der Waals surface area contributed by atoms with Gasteiger partial charge in [-0.05, 0) is 17.7 Å². The van der Waals surface area contributed by atoms with Gasteiger partial charge in [0.25, 0.3) is 0 Å². The quantitative estimate of drug-likeness (QED) is 0.702. The van der Waals surface area contributed by atoms with Gasteiger partial charge in [0.15, 0.2) is 11.5 Å². The molecule has 1 aromatic rings. The van der Waals surface area contributed by atoms with Crippen LogP contribution in [0.2, 0.25) is 0 Å². The van der Waals surface area contributed by atoms with E-state index in [0.717, 1.165) is 0 Å². The molecule has 0 saturated carbocycles. The SMILES string of the molecule is COc1cc(CC#N)cc([C@H](N)C(=O)O)c1O. The number of carboxylic acid groups (broad SMARTS) is 1. The first-order valence-electron chi connectivity index (χ1n) is 4.76. The number of phenolic OH excluding ortho intramolecular Hbond substituents is 1. The van der Waals surface area contributed by atoms with E-state index in [-0.39, 0.29) is 23.5 Å². The average Bonchev–Trinajstić information content (AvgIpc) is 2.30. The number of hydrogen-bond donors (Lipinski definition) is 3. The summed E-state index contributed by atoms with van der Waals surface area (Å²) in [5, 5.41) is 27.1. The topological polar surface area (TPSA) is 117 Å². The van der Waals surface area contributed by atoms with Crippen LogP contribution in [0.25, 0.3) is 0 Å². The van der Waals surface area contributed by atoms with Gasteiger partial charge in [0, 0.05) is 5.56 Å². The molecule has 0 amide bonds. The first-order valence-corrected chi connectivity index (χ1v) is 4.76. The molecular weight excluding hydrogens is 224 g/mol. The van der Waals surface area contributed by atoms with Gasteiger partial charge in [-0.2, -0.15) is 5.26 Å². The van der Waals surface area contributed by atoms with Gasteiger partial charge in [0.05, 0.1) is 19.6 Å². The molecule has 0 aromatic heterocycles. The largest absolute Gasteiger partial charge is 0.504 e. The Morgan fingerprint density at radius 3 is 2.76 bits per heavy atom. The smallest absolute Gasteiger partial charge is 0.325 e. The lowest BCUT2D eigenvalue weighted by molar-refractivity contribution is -0.138. The van der Waals surface area contributed by atoms with Gasteiger partial charge in [-0.15, -0.1) is 0 Å². The first-order chi connectivity index (χ1) is 8.01. The van der Waals surface area contributed by atoms with E-state index in [1.165, 1.54) is 19.2 Å². The highest BCUT2D eigenvalue weighted by Crippen LogP contribution is 2.34. The molecular formula is C11H12N2O4. The van der Waals surface area contributed by atoms with Crippen LogP contribution in [0.1, 0.15) is 17.2 Å². The number of nitrogens with zero attached hydrogens (tertiary/aromatic N) is 1. The van der Waals surface area contributed by atoms with E-state index in [1.807, 2.05) is 6.07 Å². The van der Waals surface area contributed by atoms with Crippen molar-refractivity contribution in [3.05, 3.63) is 23.3 Å². The average molecular weight is 236 g/mol. The van der Waals surface area contributed by atoms with E-state index in [1.54, 1.807) is 0 Å². The number of benzene rings is 1. The Bertz CT molecular complexity index is 479. The number of phenols is 1. The summed E-state index contributed by atoms with van der Waals surface area (Å²) in [7, 11) is 1.33. The van der Waals surface area contributed by atoms with E-state index in [4.69, 9.17) is 20.8 Å². The number of hydrogen-bond acceptors (Lipinski definition) is 5. The van der Waals surface area contributed by atoms with Gasteiger partial charge in [-0.3, -0.25) is 4.79 Å². The lowest BCUT2D eigenvalue weighted by Crippen LogP contribution is -2.21. The monoisotopic (exact) mass is 236 g/mol. The molecule has 6 nitrogen and oxygen atoms in total. The second-order valence-corrected chi connectivity index (χ2v) is 3.39. The van der Waals surface area contributed by atoms with E-state index < -0.39 is 12.0 Å². The molecule has 0 spiro atoms. The van der Waals surface area contributed by atoms with Crippen molar-refractivity contribution in [3.63, 3.8) is 0 Å². The van der Waals surface area contributed by atoms with Crippen molar-refractivity contribution in [1.82, 2.24) is 0 Å². The molecule has 0 aliphatic carbocycles. The van der Waals surface area contributed by atoms with Crippen molar-refractivity contribution in [2.75, 3.05) is 7.11 Å². The fourth-order valence-electron chi connectivity index (χ4n) is 1.41. The number of rotatable bonds is 4. The number of nitriles is 1. The predicted octanol–water partition coefficient (Wildman–Crippen LogP) is 0.551. The molecule has 6 heteroatoms. The standard InChI is InChI=1S/C11H12N2O4/c1-17-8-5-6(2-3-12)4-7(10(8)14)9(13)11(15)16/h4-5,9,14H,2,13H2,1H3,(H,15,16)/t9-/m0/s1. The number of carboxylic acids is 1. The van der Waals surface area contributed by atoms with E-state index in [2.05, 4.69) is 0 Å². The van der Waals surface area contributed by atoms with E-state index in [9.17, 15) is 9.90 Å². The minimum absolute atomic E-state index is 0.0297. The summed E-state index contributed by atoms with van der Waals surface area (Å²) >= 11 is 0. The Hall–Kier alpha value is -2.26. The Morgan fingerprint density at radius 1 is 1.65 bits per heavy atom. The van der Waals surface area contributed by atoms with Crippen LogP contribution in [0.5, 0.6) is 11.5 Å². The third-order valence-corrected chi connectivity index (χ3v) is 2.27. The zero-order valence-electron chi connectivity index (χ0n) is 9.17. The van der Waals surface area contributed by atoms with Crippen molar-refractivity contribution in [2.45, 2.75) is 12.5 Å². The molecule has 0 fully saturated rings. The maximum atomic E-state index is 10.8. The van der Waals surface area contributed by atoms with Crippen LogP contribution in [-0.4, -0.2) is 23.3 Å². The maximum absolute atomic E-state index is 10.8. The first kappa shape index (κ1) is 12.8. The number of nitrogens with two attached hydrogens (primary N) is 1. The van der Waals surface area contributed by atoms with Crippen LogP contribution < -0.4 is 10.5 Å². The molecule has 4 N–H and O–H groups in total. The normalized spacial score (nSPS) is 11.6. The molecule has 0 aliphatic rings. The predicted molar refractivity (Wildman–Crippen MR) is 58.5 cm³/mol. The highest BCUT2D eigenvalue weighted by molar-refractivity contribution is 5.77. The third-order valence-electron chi connectivity index (χ3n) is 2.27. The van der Waals surface area contributed by atoms with Crippen LogP contribution in [-0.2, 0) is 11.2 Å². The molecule has 0 unspecified atom stereocenters. The number of methoxy groups -OCH3 is 1. The van der Waals surface area contributed by atoms with Gasteiger partial charge in [0.2, 0.25) is 0 Å². The van der Waals surface area contributed by atoms with Gasteiger partial charge >= 0.3 is 5.97 Å². The van der Waals surface area contributed by atoms with E-state index >= 15 is 0 Å². The van der Waals surface area contributed by atoms with Crippen molar-refractivity contribution in [2.24, 2.45) is 5.73 Å². The summed E-state index contributed by atoms with van der Waals surface area (Å²) in [5.74, 6) is -1.48. The maximum Gasteiger partial charge on any atom is 0.325 e. The van der Waals surface area contributed by atoms with Gasteiger partial charge in [-0.1, -0.05) is 0 Å². The highest BCUT2D eigenvalue weighted by atomic mass is 16.5. The van der Waals surface area contributed by atoms with Crippen LogP contribution in [0.4, 0.5) is 0 Å². The van der Waals surface area contributed by atoms with Crippen LogP contribution in [0.15, 0.2) is 12.1 Å². The molecule has 0 bridgehead atoms. The summed E-state index contributed by atoms with van der Waals surface area (Å²) in [6.45, 7) is 0. The van der Waals surface area contributed by atoms with Crippen molar-refractivity contribution in [1.29, 1.82) is 5.26 Å². The van der Waals surface area contributed by atoms with Gasteiger partial charge in [-0.25, -0.2) is 0 Å². The molecule has 0 aliphatic heterocycles. The summed E-state index contributed by atoms with van der Waals surface area (Å²) in [5.41, 5.74) is 5.99. The zero-order valence-corrected chi connectivity index (χ0v) is 9.17. The highest BCUT2D eigenvalue weighted by Gasteiger charge is 2.21. The van der Waals surface area contributed by atoms with Crippen molar-refractivity contribution >= 4 is 5.97 Å². The molecule has 0 radical (unpaired) electrons. The Balaban J connectivity index is 3.32. The van der Waals surface area contributed by atoms with Crippen LogP contribution in [0.3, 0.4) is 0 Å². The molecule has 90 valence electrons. The zero-order chi connectivity index (χ0) is 13.0. The van der Waals surface area contributed by atoms with Gasteiger partial charge < -0.3 is 20.7 Å². The van der Waals surface area contributed by atoms with Crippen molar-refractivity contribution < 1.29 is 19.7 Å². The Kier molecular flexibility index (Phi) is 3.91. The minimum atomic E-state index is -1.36. The lowest BCUT2D eigenvalue weighted by atomic mass is 10.0. The number of aromatic hydroxyl groups is 1. The van der Waals surface area contributed by atoms with E-state index in [0.29, 0.717) is 5.56 Å². The Morgan fingerprint density at radius 2 is 2.29 bits per heavy atom. The van der Waals surface area contributed by atoms with Crippen LogP contribution >= 0.6 is 0 Å². The molecule has 1 rings (SSSR count). The Labute approximate surface area is 97.9 Å². The number of aliphatic carboxylic acids is 1. The minimum Gasteiger partial charge on any atom is -0.504 e. The summed E-state index contributed by atoms with van der Waals surface area (Å²) in [6.07, 6.45) is 0.0793. The van der Waals surface area contributed by atoms with Gasteiger partial charge in [0.1, 0.15) is 6.04 Å². The van der Waals surface area contributed by atoms with Crippen LogP contribution in [0, 0.1) is 11.3 Å². The fraction of sp³-hybridized carbons (Fsp3) is 0.273. The summed E-state index contributed by atoms with van der Waals surface area (Å²) in [4.78, 5) is 10.8.